The fraction of sp³-hybridized carbons (Fsp3) is 0.909. The van der Waals surface area contributed by atoms with Crippen LogP contribution in [-0.2, 0) is 14.3 Å². The Balaban J connectivity index is 1.45. The van der Waals surface area contributed by atoms with Crippen LogP contribution in [0.25, 0.3) is 0 Å². The predicted octanol–water partition coefficient (Wildman–Crippen LogP) is 4.10. The van der Waals surface area contributed by atoms with Gasteiger partial charge in [-0.1, -0.05) is 20.8 Å². The van der Waals surface area contributed by atoms with Crippen molar-refractivity contribution in [1.29, 1.82) is 0 Å². The molecular formula is C22H32O3. The van der Waals surface area contributed by atoms with Gasteiger partial charge >= 0.3 is 5.97 Å². The number of esters is 1. The molecule has 0 aromatic carbocycles. The molecule has 0 radical (unpaired) electrons. The molecule has 138 valence electrons. The van der Waals surface area contributed by atoms with Crippen molar-refractivity contribution in [3.05, 3.63) is 0 Å². The minimum atomic E-state index is -0.0952. The zero-order chi connectivity index (χ0) is 17.7. The molecule has 0 aromatic rings. The van der Waals surface area contributed by atoms with Crippen LogP contribution < -0.4 is 0 Å². The van der Waals surface area contributed by atoms with Crippen LogP contribution in [-0.4, -0.2) is 18.9 Å². The van der Waals surface area contributed by atoms with Gasteiger partial charge in [-0.3, -0.25) is 9.59 Å². The van der Waals surface area contributed by atoms with Crippen molar-refractivity contribution >= 4 is 11.8 Å². The molecular weight excluding hydrogens is 312 g/mol. The van der Waals surface area contributed by atoms with Crippen LogP contribution in [0.3, 0.4) is 0 Å². The maximum Gasteiger partial charge on any atom is 0.309 e. The number of hydrogen-bond donors (Lipinski definition) is 0. The number of ether oxygens (including phenoxy) is 1. The monoisotopic (exact) mass is 344 g/mol. The molecule has 25 heavy (non-hydrogen) atoms. The third-order valence-electron chi connectivity index (χ3n) is 10.1. The third kappa shape index (κ3) is 1.69. The van der Waals surface area contributed by atoms with Crippen LogP contribution in [0.2, 0.25) is 0 Å². The summed E-state index contributed by atoms with van der Waals surface area (Å²) in [5.41, 5.74) is -0.0937. The number of hydrogen-bond acceptors (Lipinski definition) is 3. The van der Waals surface area contributed by atoms with E-state index >= 15 is 0 Å². The van der Waals surface area contributed by atoms with Crippen molar-refractivity contribution in [2.45, 2.75) is 59.3 Å². The van der Waals surface area contributed by atoms with E-state index in [1.54, 1.807) is 0 Å². The lowest BCUT2D eigenvalue weighted by Crippen LogP contribution is -2.47. The van der Waals surface area contributed by atoms with Crippen LogP contribution in [0.1, 0.15) is 59.3 Å². The zero-order valence-electron chi connectivity index (χ0n) is 16.1. The van der Waals surface area contributed by atoms with Gasteiger partial charge in [-0.05, 0) is 80.0 Å². The number of fused-ring (bicyclic) bond motifs is 6. The predicted molar refractivity (Wildman–Crippen MR) is 94.5 cm³/mol. The van der Waals surface area contributed by atoms with Gasteiger partial charge in [0.15, 0.2) is 0 Å². The van der Waals surface area contributed by atoms with Gasteiger partial charge in [0.25, 0.3) is 0 Å². The quantitative estimate of drug-likeness (QED) is 0.673. The van der Waals surface area contributed by atoms with E-state index < -0.39 is 0 Å². The minimum Gasteiger partial charge on any atom is -0.469 e. The summed E-state index contributed by atoms with van der Waals surface area (Å²) in [6.45, 7) is 7.00. The van der Waals surface area contributed by atoms with Crippen LogP contribution in [0, 0.1) is 58.2 Å². The summed E-state index contributed by atoms with van der Waals surface area (Å²) >= 11 is 0. The van der Waals surface area contributed by atoms with E-state index in [1.807, 2.05) is 0 Å². The topological polar surface area (TPSA) is 43.4 Å². The van der Waals surface area contributed by atoms with E-state index in [1.165, 1.54) is 13.5 Å². The Bertz CT molecular complexity index is 637. The Hall–Kier alpha value is -0.860. The molecule has 5 saturated carbocycles. The summed E-state index contributed by atoms with van der Waals surface area (Å²) in [6.07, 6.45) is 6.71. The Labute approximate surface area is 151 Å². The Morgan fingerprint density at radius 3 is 2.00 bits per heavy atom. The fourth-order valence-electron chi connectivity index (χ4n) is 8.90. The first-order valence-electron chi connectivity index (χ1n) is 10.5. The van der Waals surface area contributed by atoms with Crippen molar-refractivity contribution < 1.29 is 14.3 Å². The molecule has 10 unspecified atom stereocenters. The first-order chi connectivity index (χ1) is 11.9. The Morgan fingerprint density at radius 1 is 0.920 bits per heavy atom. The Kier molecular flexibility index (Phi) is 3.20. The maximum atomic E-state index is 14.0. The molecule has 0 N–H and O–H groups in total. The Morgan fingerprint density at radius 2 is 1.48 bits per heavy atom. The molecule has 3 heteroatoms. The summed E-state index contributed by atoms with van der Waals surface area (Å²) in [7, 11) is 1.50. The highest BCUT2D eigenvalue weighted by Gasteiger charge is 2.73. The number of methoxy groups -OCH3 is 1. The van der Waals surface area contributed by atoms with E-state index in [2.05, 4.69) is 20.8 Å². The zero-order valence-corrected chi connectivity index (χ0v) is 16.1. The molecule has 5 aliphatic rings. The summed E-state index contributed by atoms with van der Waals surface area (Å²) in [4.78, 5) is 26.2. The van der Waals surface area contributed by atoms with Gasteiger partial charge in [0, 0.05) is 10.8 Å². The van der Waals surface area contributed by atoms with Crippen molar-refractivity contribution in [1.82, 2.24) is 0 Å². The number of ketones is 1. The van der Waals surface area contributed by atoms with Gasteiger partial charge < -0.3 is 4.74 Å². The van der Waals surface area contributed by atoms with E-state index in [0.29, 0.717) is 35.4 Å². The second-order valence-corrected chi connectivity index (χ2v) is 10.4. The lowest BCUT2D eigenvalue weighted by atomic mass is 9.59. The second-order valence-electron chi connectivity index (χ2n) is 10.4. The molecule has 5 fully saturated rings. The molecule has 5 aliphatic carbocycles. The highest BCUT2D eigenvalue weighted by Crippen LogP contribution is 2.74. The highest BCUT2D eigenvalue weighted by atomic mass is 16.5. The number of Topliss-reactive ketones (excluding diaryl/α,β-unsaturated/α-hetero) is 1. The molecule has 0 aromatic heterocycles. The van der Waals surface area contributed by atoms with E-state index in [-0.39, 0.29) is 22.7 Å². The highest BCUT2D eigenvalue weighted by molar-refractivity contribution is 5.94. The molecule has 0 aliphatic heterocycles. The summed E-state index contributed by atoms with van der Waals surface area (Å²) < 4.78 is 5.07. The van der Waals surface area contributed by atoms with E-state index in [9.17, 15) is 9.59 Å². The summed E-state index contributed by atoms with van der Waals surface area (Å²) in [6, 6.07) is 0. The molecule has 0 heterocycles. The average Bonchev–Trinajstić information content (AvgIpc) is 3.35. The molecule has 10 atom stereocenters. The summed E-state index contributed by atoms with van der Waals surface area (Å²) in [5, 5.41) is 0. The molecule has 2 spiro atoms. The van der Waals surface area contributed by atoms with Gasteiger partial charge in [0.2, 0.25) is 0 Å². The number of rotatable bonds is 1. The first kappa shape index (κ1) is 16.3. The smallest absolute Gasteiger partial charge is 0.309 e. The first-order valence-corrected chi connectivity index (χ1v) is 10.5. The van der Waals surface area contributed by atoms with E-state index in [4.69, 9.17) is 4.74 Å². The standard InChI is InChI=1S/C22H32O3/c1-11-12(2)16-7-14(11)9-21(16)5-6-22(20(21)24)10-15-8-17(22)13(3)18(15)19(23)25-4/h11-18H,5-10H2,1-4H3. The molecule has 3 nitrogen and oxygen atoms in total. The molecule has 4 bridgehead atoms. The van der Waals surface area contributed by atoms with Gasteiger partial charge in [-0.15, -0.1) is 0 Å². The molecule has 0 amide bonds. The van der Waals surface area contributed by atoms with Crippen LogP contribution >= 0.6 is 0 Å². The normalized spacial score (nSPS) is 58.8. The van der Waals surface area contributed by atoms with Gasteiger partial charge in [0.1, 0.15) is 5.78 Å². The molecule has 5 rings (SSSR count). The van der Waals surface area contributed by atoms with Gasteiger partial charge in [-0.2, -0.15) is 0 Å². The minimum absolute atomic E-state index is 0.00154. The average molecular weight is 344 g/mol. The van der Waals surface area contributed by atoms with Crippen LogP contribution in [0.4, 0.5) is 0 Å². The SMILES string of the molecule is COC(=O)C1C2CC(C1C)C1(CCC3(CC4CC3C(C)C4C)C1=O)C2. The second kappa shape index (κ2) is 4.89. The fourth-order valence-corrected chi connectivity index (χ4v) is 8.90. The lowest BCUT2D eigenvalue weighted by Gasteiger charge is -2.44. The van der Waals surface area contributed by atoms with Crippen LogP contribution in [0.5, 0.6) is 0 Å². The largest absolute Gasteiger partial charge is 0.469 e. The van der Waals surface area contributed by atoms with Crippen molar-refractivity contribution in [2.24, 2.45) is 58.2 Å². The van der Waals surface area contributed by atoms with Crippen molar-refractivity contribution in [3.63, 3.8) is 0 Å². The van der Waals surface area contributed by atoms with Crippen molar-refractivity contribution in [3.8, 4) is 0 Å². The number of carbonyl (C=O) groups is 2. The number of carbonyl (C=O) groups excluding carboxylic acids is 2. The molecule has 0 saturated heterocycles. The lowest BCUT2D eigenvalue weighted by molar-refractivity contribution is -0.153. The van der Waals surface area contributed by atoms with E-state index in [0.717, 1.165) is 43.9 Å². The van der Waals surface area contributed by atoms with Crippen molar-refractivity contribution in [2.75, 3.05) is 7.11 Å². The van der Waals surface area contributed by atoms with Gasteiger partial charge in [0.05, 0.1) is 13.0 Å². The van der Waals surface area contributed by atoms with Crippen LogP contribution in [0.15, 0.2) is 0 Å². The third-order valence-corrected chi connectivity index (χ3v) is 10.1. The summed E-state index contributed by atoms with van der Waals surface area (Å²) in [5.74, 6) is 4.62. The maximum absolute atomic E-state index is 14.0. The van der Waals surface area contributed by atoms with Gasteiger partial charge in [-0.25, -0.2) is 0 Å².